The Labute approximate surface area is 92.2 Å². The van der Waals surface area contributed by atoms with E-state index < -0.39 is 0 Å². The van der Waals surface area contributed by atoms with Crippen molar-refractivity contribution in [3.63, 3.8) is 0 Å². The third-order valence-corrected chi connectivity index (χ3v) is 3.37. The lowest BCUT2D eigenvalue weighted by atomic mass is 9.78. The second kappa shape index (κ2) is 4.19. The summed E-state index contributed by atoms with van der Waals surface area (Å²) in [5.41, 5.74) is 2.80. The predicted molar refractivity (Wildman–Crippen MR) is 65.7 cm³/mol. The molecule has 1 fully saturated rings. The summed E-state index contributed by atoms with van der Waals surface area (Å²) < 4.78 is 0. The van der Waals surface area contributed by atoms with E-state index in [4.69, 9.17) is 0 Å². The fourth-order valence-electron chi connectivity index (χ4n) is 1.98. The monoisotopic (exact) mass is 201 g/mol. The van der Waals surface area contributed by atoms with E-state index >= 15 is 0 Å². The van der Waals surface area contributed by atoms with Gasteiger partial charge in [-0.15, -0.1) is 0 Å². The van der Waals surface area contributed by atoms with Crippen LogP contribution in [0.1, 0.15) is 31.7 Å². The molecule has 0 saturated heterocycles. The van der Waals surface area contributed by atoms with Gasteiger partial charge in [-0.1, -0.05) is 36.9 Å². The fourth-order valence-corrected chi connectivity index (χ4v) is 1.98. The van der Waals surface area contributed by atoms with Crippen molar-refractivity contribution in [2.24, 2.45) is 0 Å². The fraction of sp³-hybridized carbons (Fsp3) is 0.429. The molecule has 1 aromatic carbocycles. The van der Waals surface area contributed by atoms with E-state index in [0.29, 0.717) is 5.54 Å². The maximum Gasteiger partial charge on any atom is 0.0210 e. The molecule has 1 N–H and O–H groups in total. The van der Waals surface area contributed by atoms with Gasteiger partial charge in [0.15, 0.2) is 0 Å². The second-order valence-corrected chi connectivity index (χ2v) is 4.74. The van der Waals surface area contributed by atoms with Gasteiger partial charge in [0.25, 0.3) is 0 Å². The SMILES string of the molecule is C=C(CNC1(C)CCC1)c1ccccc1. The highest BCUT2D eigenvalue weighted by atomic mass is 15.0. The molecule has 80 valence electrons. The van der Waals surface area contributed by atoms with E-state index in [-0.39, 0.29) is 0 Å². The Kier molecular flexibility index (Phi) is 2.92. The first-order valence-electron chi connectivity index (χ1n) is 5.68. The molecule has 15 heavy (non-hydrogen) atoms. The molecule has 0 unspecified atom stereocenters. The first-order valence-corrected chi connectivity index (χ1v) is 5.68. The average Bonchev–Trinajstić information content (AvgIpc) is 2.24. The van der Waals surface area contributed by atoms with Crippen LogP contribution >= 0.6 is 0 Å². The van der Waals surface area contributed by atoms with Crippen molar-refractivity contribution in [1.82, 2.24) is 5.32 Å². The minimum absolute atomic E-state index is 0.373. The van der Waals surface area contributed by atoms with Crippen LogP contribution in [0.3, 0.4) is 0 Å². The molecule has 0 atom stereocenters. The van der Waals surface area contributed by atoms with Gasteiger partial charge in [-0.25, -0.2) is 0 Å². The second-order valence-electron chi connectivity index (χ2n) is 4.74. The molecule has 1 saturated carbocycles. The Hall–Kier alpha value is -1.08. The molecule has 0 heterocycles. The molecule has 1 aliphatic carbocycles. The van der Waals surface area contributed by atoms with Crippen molar-refractivity contribution >= 4 is 5.57 Å². The van der Waals surface area contributed by atoms with Crippen LogP contribution in [0.15, 0.2) is 36.9 Å². The summed E-state index contributed by atoms with van der Waals surface area (Å²) in [6, 6.07) is 10.4. The minimum atomic E-state index is 0.373. The Morgan fingerprint density at radius 2 is 2.00 bits per heavy atom. The van der Waals surface area contributed by atoms with Crippen LogP contribution in [0.4, 0.5) is 0 Å². The highest BCUT2D eigenvalue weighted by molar-refractivity contribution is 5.64. The summed E-state index contributed by atoms with van der Waals surface area (Å²) >= 11 is 0. The topological polar surface area (TPSA) is 12.0 Å². The van der Waals surface area contributed by atoms with Gasteiger partial charge in [0.2, 0.25) is 0 Å². The van der Waals surface area contributed by atoms with Gasteiger partial charge in [-0.3, -0.25) is 0 Å². The largest absolute Gasteiger partial charge is 0.307 e. The molecule has 1 aromatic rings. The van der Waals surface area contributed by atoms with Crippen molar-refractivity contribution in [2.75, 3.05) is 6.54 Å². The van der Waals surface area contributed by atoms with Crippen LogP contribution in [-0.2, 0) is 0 Å². The Bertz CT molecular complexity index is 336. The maximum atomic E-state index is 4.12. The first-order chi connectivity index (χ1) is 7.20. The number of nitrogens with one attached hydrogen (secondary N) is 1. The van der Waals surface area contributed by atoms with E-state index in [9.17, 15) is 0 Å². The summed E-state index contributed by atoms with van der Waals surface area (Å²) in [5, 5.41) is 3.59. The van der Waals surface area contributed by atoms with Crippen LogP contribution in [-0.4, -0.2) is 12.1 Å². The predicted octanol–water partition coefficient (Wildman–Crippen LogP) is 3.23. The molecule has 0 radical (unpaired) electrons. The number of rotatable bonds is 4. The van der Waals surface area contributed by atoms with Crippen LogP contribution in [0.25, 0.3) is 5.57 Å². The van der Waals surface area contributed by atoms with E-state index in [1.165, 1.54) is 30.4 Å². The molecule has 0 aromatic heterocycles. The van der Waals surface area contributed by atoms with E-state index in [0.717, 1.165) is 6.54 Å². The zero-order valence-electron chi connectivity index (χ0n) is 9.42. The Morgan fingerprint density at radius 1 is 1.33 bits per heavy atom. The van der Waals surface area contributed by atoms with Crippen LogP contribution < -0.4 is 5.32 Å². The number of hydrogen-bond acceptors (Lipinski definition) is 1. The summed E-state index contributed by atoms with van der Waals surface area (Å²) in [5.74, 6) is 0. The van der Waals surface area contributed by atoms with Gasteiger partial charge in [0.05, 0.1) is 0 Å². The van der Waals surface area contributed by atoms with Gasteiger partial charge in [-0.2, -0.15) is 0 Å². The molecule has 0 amide bonds. The smallest absolute Gasteiger partial charge is 0.0210 e. The van der Waals surface area contributed by atoms with Gasteiger partial charge in [0.1, 0.15) is 0 Å². The first kappa shape index (κ1) is 10.4. The van der Waals surface area contributed by atoms with Crippen molar-refractivity contribution in [3.05, 3.63) is 42.5 Å². The summed E-state index contributed by atoms with van der Waals surface area (Å²) in [6.45, 7) is 7.33. The summed E-state index contributed by atoms with van der Waals surface area (Å²) in [6.07, 6.45) is 3.96. The minimum Gasteiger partial charge on any atom is -0.307 e. The molecule has 0 spiro atoms. The quantitative estimate of drug-likeness (QED) is 0.788. The molecule has 2 rings (SSSR count). The van der Waals surface area contributed by atoms with Crippen LogP contribution in [0, 0.1) is 0 Å². The molecular formula is C14H19N. The third kappa shape index (κ3) is 2.48. The highest BCUT2D eigenvalue weighted by Crippen LogP contribution is 2.31. The normalized spacial score (nSPS) is 18.2. The average molecular weight is 201 g/mol. The highest BCUT2D eigenvalue weighted by Gasteiger charge is 2.30. The zero-order chi connectivity index (χ0) is 10.7. The van der Waals surface area contributed by atoms with Crippen molar-refractivity contribution in [1.29, 1.82) is 0 Å². The van der Waals surface area contributed by atoms with Gasteiger partial charge in [0, 0.05) is 12.1 Å². The molecule has 0 bridgehead atoms. The Balaban J connectivity index is 1.88. The lowest BCUT2D eigenvalue weighted by Crippen LogP contribution is -2.48. The molecule has 1 nitrogen and oxygen atoms in total. The number of benzene rings is 1. The molecule has 0 aliphatic heterocycles. The standard InChI is InChI=1S/C14H19N/c1-12(13-7-4-3-5-8-13)11-15-14(2)9-6-10-14/h3-5,7-8,15H,1,6,9-11H2,2H3. The van der Waals surface area contributed by atoms with Crippen molar-refractivity contribution in [3.8, 4) is 0 Å². The summed E-state index contributed by atoms with van der Waals surface area (Å²) in [4.78, 5) is 0. The molecule has 1 aliphatic rings. The van der Waals surface area contributed by atoms with Crippen LogP contribution in [0.2, 0.25) is 0 Å². The lowest BCUT2D eigenvalue weighted by Gasteiger charge is -2.39. The van der Waals surface area contributed by atoms with Gasteiger partial charge in [-0.05, 0) is 37.3 Å². The van der Waals surface area contributed by atoms with Crippen molar-refractivity contribution < 1.29 is 0 Å². The van der Waals surface area contributed by atoms with E-state index in [1.807, 2.05) is 6.07 Å². The van der Waals surface area contributed by atoms with Crippen LogP contribution in [0.5, 0.6) is 0 Å². The van der Waals surface area contributed by atoms with Gasteiger partial charge < -0.3 is 5.32 Å². The summed E-state index contributed by atoms with van der Waals surface area (Å²) in [7, 11) is 0. The molecular weight excluding hydrogens is 182 g/mol. The van der Waals surface area contributed by atoms with E-state index in [2.05, 4.69) is 43.1 Å². The lowest BCUT2D eigenvalue weighted by molar-refractivity contribution is 0.218. The van der Waals surface area contributed by atoms with Gasteiger partial charge >= 0.3 is 0 Å². The third-order valence-electron chi connectivity index (χ3n) is 3.37. The van der Waals surface area contributed by atoms with Crippen molar-refractivity contribution in [2.45, 2.75) is 31.7 Å². The van der Waals surface area contributed by atoms with E-state index in [1.54, 1.807) is 0 Å². The number of hydrogen-bond donors (Lipinski definition) is 1. The Morgan fingerprint density at radius 3 is 2.53 bits per heavy atom. The molecule has 1 heteroatoms. The maximum absolute atomic E-state index is 4.12. The zero-order valence-corrected chi connectivity index (χ0v) is 9.42.